The second kappa shape index (κ2) is 20.8. The Balaban J connectivity index is 1.14. The molecular formula is C48H52O11. The van der Waals surface area contributed by atoms with Crippen LogP contribution < -0.4 is 0 Å². The molecule has 3 aliphatic heterocycles. The minimum absolute atomic E-state index is 0.147. The fourth-order valence-corrected chi connectivity index (χ4v) is 7.70. The van der Waals surface area contributed by atoms with Crippen molar-refractivity contribution in [3.63, 3.8) is 0 Å². The second-order valence-electron chi connectivity index (χ2n) is 14.9. The maximum atomic E-state index is 11.9. The fraction of sp³-hybridized carbons (Fsp3) is 0.375. The summed E-state index contributed by atoms with van der Waals surface area (Å²) in [6.07, 6.45) is -9.43. The smallest absolute Gasteiger partial charge is 0.187 e. The highest BCUT2D eigenvalue weighted by molar-refractivity contribution is 5.18. The van der Waals surface area contributed by atoms with Crippen molar-refractivity contribution in [2.75, 3.05) is 20.3 Å². The Hall–Kier alpha value is -4.34. The third kappa shape index (κ3) is 10.7. The molecule has 11 heteroatoms. The Bertz CT molecular complexity index is 1940. The molecule has 1 N–H and O–H groups in total. The van der Waals surface area contributed by atoms with Gasteiger partial charge in [0.1, 0.15) is 48.8 Å². The van der Waals surface area contributed by atoms with E-state index in [-0.39, 0.29) is 26.4 Å². The maximum absolute atomic E-state index is 11.9. The van der Waals surface area contributed by atoms with Crippen molar-refractivity contribution in [1.29, 1.82) is 0 Å². The first kappa shape index (κ1) is 41.4. The Morgan fingerprint density at radius 2 is 1.02 bits per heavy atom. The number of rotatable bonds is 17. The summed E-state index contributed by atoms with van der Waals surface area (Å²) in [5.74, 6) is 0. The summed E-state index contributed by atoms with van der Waals surface area (Å²) in [6.45, 7) is 1.47. The van der Waals surface area contributed by atoms with Crippen molar-refractivity contribution >= 4 is 0 Å². The summed E-state index contributed by atoms with van der Waals surface area (Å²) in [5.41, 5.74) is 4.77. The van der Waals surface area contributed by atoms with E-state index < -0.39 is 67.7 Å². The van der Waals surface area contributed by atoms with E-state index >= 15 is 0 Å². The highest BCUT2D eigenvalue weighted by Gasteiger charge is 2.55. The highest BCUT2D eigenvalue weighted by atomic mass is 16.8. The van der Waals surface area contributed by atoms with Crippen LogP contribution in [0.5, 0.6) is 0 Å². The molecule has 8 rings (SSSR count). The predicted octanol–water partition coefficient (Wildman–Crippen LogP) is 6.92. The molecule has 11 nitrogen and oxygen atoms in total. The highest BCUT2D eigenvalue weighted by Crippen LogP contribution is 2.39. The van der Waals surface area contributed by atoms with Crippen LogP contribution in [0.25, 0.3) is 0 Å². The van der Waals surface area contributed by atoms with Gasteiger partial charge < -0.3 is 52.5 Å². The first-order chi connectivity index (χ1) is 29.1. The lowest BCUT2D eigenvalue weighted by Gasteiger charge is -2.51. The molecule has 11 atom stereocenters. The standard InChI is InChI=1S/C48H52O11/c1-50-47-40(49)43(42-39(56-47)32-55-46(58-42)37-25-15-6-16-26-37)59-48-45(54-30-36-23-13-5-14-24-36)44(53-29-35-21-11-4-12-22-35)41(52-28-34-19-9-3-10-20-34)38(57-48)31-51-27-33-17-7-2-8-18-33/h2-26,38-49H,27-32H2,1H3/t38-,39-,40-,41-,42-,43-,44+,45-,46-,47+,48+/m1/s1. The molecule has 3 saturated heterocycles. The molecule has 0 radical (unpaired) electrons. The van der Waals surface area contributed by atoms with Crippen molar-refractivity contribution in [2.24, 2.45) is 0 Å². The number of fused-ring (bicyclic) bond motifs is 1. The molecule has 0 aliphatic carbocycles. The van der Waals surface area contributed by atoms with Gasteiger partial charge in [0.25, 0.3) is 0 Å². The Morgan fingerprint density at radius 1 is 0.525 bits per heavy atom. The van der Waals surface area contributed by atoms with Crippen molar-refractivity contribution in [3.8, 4) is 0 Å². The predicted molar refractivity (Wildman–Crippen MR) is 216 cm³/mol. The van der Waals surface area contributed by atoms with Crippen LogP contribution in [0, 0.1) is 0 Å². The summed E-state index contributed by atoms with van der Waals surface area (Å²) < 4.78 is 65.4. The molecule has 3 aliphatic rings. The minimum atomic E-state index is -1.27. The van der Waals surface area contributed by atoms with Gasteiger partial charge in [-0.05, 0) is 22.3 Å². The quantitative estimate of drug-likeness (QED) is 0.106. The minimum Gasteiger partial charge on any atom is -0.385 e. The molecule has 0 unspecified atom stereocenters. The van der Waals surface area contributed by atoms with Gasteiger partial charge >= 0.3 is 0 Å². The number of ether oxygens (including phenoxy) is 10. The zero-order valence-corrected chi connectivity index (χ0v) is 33.1. The lowest BCUT2D eigenvalue weighted by atomic mass is 9.95. The third-order valence-corrected chi connectivity index (χ3v) is 10.7. The van der Waals surface area contributed by atoms with E-state index in [1.807, 2.05) is 152 Å². The molecule has 59 heavy (non-hydrogen) atoms. The molecule has 5 aromatic carbocycles. The number of benzene rings is 5. The summed E-state index contributed by atoms with van der Waals surface area (Å²) in [7, 11) is 1.48. The second-order valence-corrected chi connectivity index (χ2v) is 14.9. The monoisotopic (exact) mass is 804 g/mol. The maximum Gasteiger partial charge on any atom is 0.187 e. The van der Waals surface area contributed by atoms with E-state index in [4.69, 9.17) is 47.4 Å². The van der Waals surface area contributed by atoms with Crippen molar-refractivity contribution in [2.45, 2.75) is 94.1 Å². The van der Waals surface area contributed by atoms with Crippen LogP contribution in [0.4, 0.5) is 0 Å². The molecule has 0 amide bonds. The summed E-state index contributed by atoms with van der Waals surface area (Å²) >= 11 is 0. The van der Waals surface area contributed by atoms with Gasteiger partial charge in [-0.25, -0.2) is 0 Å². The molecule has 0 aromatic heterocycles. The van der Waals surface area contributed by atoms with E-state index in [1.54, 1.807) is 0 Å². The SMILES string of the molecule is CO[C@H]1O[C@@H]2CO[C@@H](c3ccccc3)O[C@H]2[C@H](O[C@@H]2O[C@H](COCc3ccccc3)[C@@H](OCc3ccccc3)[C@H](OCc3ccccc3)[C@H]2OCc2ccccc2)[C@H]1O. The summed E-state index contributed by atoms with van der Waals surface area (Å²) in [4.78, 5) is 0. The third-order valence-electron chi connectivity index (χ3n) is 10.7. The molecule has 3 heterocycles. The van der Waals surface area contributed by atoms with Crippen LogP contribution >= 0.6 is 0 Å². The largest absolute Gasteiger partial charge is 0.385 e. The molecule has 0 spiro atoms. The van der Waals surface area contributed by atoms with E-state index in [0.29, 0.717) is 13.2 Å². The van der Waals surface area contributed by atoms with Gasteiger partial charge in [0.05, 0.1) is 39.6 Å². The van der Waals surface area contributed by atoms with E-state index in [1.165, 1.54) is 7.11 Å². The average Bonchev–Trinajstić information content (AvgIpc) is 3.29. The van der Waals surface area contributed by atoms with E-state index in [0.717, 1.165) is 27.8 Å². The van der Waals surface area contributed by atoms with E-state index in [9.17, 15) is 5.11 Å². The number of aliphatic hydroxyl groups excluding tert-OH is 1. The van der Waals surface area contributed by atoms with Crippen LogP contribution in [-0.4, -0.2) is 86.8 Å². The van der Waals surface area contributed by atoms with Gasteiger partial charge in [-0.1, -0.05) is 152 Å². The number of methoxy groups -OCH3 is 1. The lowest BCUT2D eigenvalue weighted by molar-refractivity contribution is -0.396. The van der Waals surface area contributed by atoms with Crippen molar-refractivity contribution in [3.05, 3.63) is 179 Å². The molecule has 0 saturated carbocycles. The zero-order chi connectivity index (χ0) is 40.2. The van der Waals surface area contributed by atoms with Gasteiger partial charge in [0, 0.05) is 12.7 Å². The van der Waals surface area contributed by atoms with E-state index in [2.05, 4.69) is 0 Å². The number of aliphatic hydroxyl groups is 1. The molecule has 5 aromatic rings. The molecule has 310 valence electrons. The van der Waals surface area contributed by atoms with Crippen LogP contribution in [0.3, 0.4) is 0 Å². The van der Waals surface area contributed by atoms with Gasteiger partial charge in [0.15, 0.2) is 18.9 Å². The Kier molecular flexibility index (Phi) is 14.6. The van der Waals surface area contributed by atoms with Crippen LogP contribution in [0.1, 0.15) is 34.1 Å². The Morgan fingerprint density at radius 3 is 1.56 bits per heavy atom. The summed E-state index contributed by atoms with van der Waals surface area (Å²) in [5, 5.41) is 11.9. The van der Waals surface area contributed by atoms with Gasteiger partial charge in [-0.15, -0.1) is 0 Å². The summed E-state index contributed by atoms with van der Waals surface area (Å²) in [6, 6.07) is 49.4. The first-order valence-corrected chi connectivity index (χ1v) is 20.2. The van der Waals surface area contributed by atoms with Gasteiger partial charge in [-0.3, -0.25) is 0 Å². The lowest BCUT2D eigenvalue weighted by Crippen LogP contribution is -2.67. The average molecular weight is 805 g/mol. The molecule has 3 fully saturated rings. The van der Waals surface area contributed by atoms with Gasteiger partial charge in [0.2, 0.25) is 0 Å². The number of hydrogen-bond acceptors (Lipinski definition) is 11. The van der Waals surface area contributed by atoms with Crippen LogP contribution in [0.15, 0.2) is 152 Å². The fourth-order valence-electron chi connectivity index (χ4n) is 7.70. The van der Waals surface area contributed by atoms with Crippen LogP contribution in [-0.2, 0) is 73.8 Å². The van der Waals surface area contributed by atoms with Crippen molar-refractivity contribution < 1.29 is 52.5 Å². The van der Waals surface area contributed by atoms with Crippen LogP contribution in [0.2, 0.25) is 0 Å². The topological polar surface area (TPSA) is 113 Å². The first-order valence-electron chi connectivity index (χ1n) is 20.2. The van der Waals surface area contributed by atoms with Gasteiger partial charge in [-0.2, -0.15) is 0 Å². The molecular weight excluding hydrogens is 753 g/mol. The Labute approximate surface area is 345 Å². The van der Waals surface area contributed by atoms with Crippen molar-refractivity contribution in [1.82, 2.24) is 0 Å². The number of hydrogen-bond donors (Lipinski definition) is 1. The normalized spacial score (nSPS) is 29.4. The molecule has 0 bridgehead atoms. The zero-order valence-electron chi connectivity index (χ0n) is 33.1.